The van der Waals surface area contributed by atoms with Gasteiger partial charge in [0.2, 0.25) is 0 Å². The van der Waals surface area contributed by atoms with Crippen molar-refractivity contribution in [2.24, 2.45) is 0 Å². The molecule has 1 unspecified atom stereocenters. The van der Waals surface area contributed by atoms with Gasteiger partial charge in [-0.1, -0.05) is 23.7 Å². The summed E-state index contributed by atoms with van der Waals surface area (Å²) in [6, 6.07) is 20.6. The summed E-state index contributed by atoms with van der Waals surface area (Å²) < 4.78 is 3.50. The van der Waals surface area contributed by atoms with Crippen molar-refractivity contribution >= 4 is 57.2 Å². The fraction of sp³-hybridized carbons (Fsp3) is 0.150. The number of nitrogens with zero attached hydrogens (tertiary/aromatic N) is 2. The molecule has 132 valence electrons. The Morgan fingerprint density at radius 2 is 1.77 bits per heavy atom. The number of aromatic nitrogens is 1. The molecule has 0 bridgehead atoms. The number of rotatable bonds is 2. The monoisotopic (exact) mass is 493 g/mol. The summed E-state index contributed by atoms with van der Waals surface area (Å²) in [6.07, 6.45) is 2.13. The SMILES string of the molecule is S=C(Nc1ccc(I)cc1)N1CCn2cccc2C1c1ccc(Cl)cc1. The highest BCUT2D eigenvalue weighted by molar-refractivity contribution is 14.1. The van der Waals surface area contributed by atoms with Crippen LogP contribution in [0.25, 0.3) is 0 Å². The Bertz CT molecular complexity index is 921. The van der Waals surface area contributed by atoms with E-state index in [0.717, 1.165) is 28.9 Å². The third-order valence-corrected chi connectivity index (χ3v) is 5.89. The summed E-state index contributed by atoms with van der Waals surface area (Å²) >= 11 is 14.2. The molecule has 6 heteroatoms. The van der Waals surface area contributed by atoms with Crippen LogP contribution in [0.3, 0.4) is 0 Å². The maximum atomic E-state index is 6.09. The van der Waals surface area contributed by atoms with E-state index >= 15 is 0 Å². The number of benzene rings is 2. The molecular weight excluding hydrogens is 477 g/mol. The van der Waals surface area contributed by atoms with Crippen LogP contribution in [0.2, 0.25) is 5.02 Å². The number of thiocarbonyl (C=S) groups is 1. The smallest absolute Gasteiger partial charge is 0.174 e. The average molecular weight is 494 g/mol. The lowest BCUT2D eigenvalue weighted by atomic mass is 10.0. The van der Waals surface area contributed by atoms with Crippen molar-refractivity contribution in [2.75, 3.05) is 11.9 Å². The van der Waals surface area contributed by atoms with Crippen molar-refractivity contribution in [2.45, 2.75) is 12.6 Å². The zero-order valence-electron chi connectivity index (χ0n) is 13.9. The average Bonchev–Trinajstić information content (AvgIpc) is 3.12. The Morgan fingerprint density at radius 1 is 1.04 bits per heavy atom. The van der Waals surface area contributed by atoms with Gasteiger partial charge in [0.25, 0.3) is 0 Å². The fourth-order valence-electron chi connectivity index (χ4n) is 3.33. The van der Waals surface area contributed by atoms with Gasteiger partial charge in [0, 0.05) is 39.3 Å². The zero-order valence-corrected chi connectivity index (χ0v) is 17.6. The normalized spacial score (nSPS) is 16.2. The van der Waals surface area contributed by atoms with Gasteiger partial charge in [-0.3, -0.25) is 0 Å². The lowest BCUT2D eigenvalue weighted by Crippen LogP contribution is -2.44. The molecule has 1 aromatic heterocycles. The number of anilines is 1. The molecule has 0 saturated carbocycles. The molecule has 3 aromatic rings. The number of hydrogen-bond acceptors (Lipinski definition) is 1. The first-order chi connectivity index (χ1) is 12.6. The highest BCUT2D eigenvalue weighted by Crippen LogP contribution is 2.33. The molecule has 1 N–H and O–H groups in total. The third kappa shape index (κ3) is 3.61. The van der Waals surface area contributed by atoms with Crippen LogP contribution in [0.5, 0.6) is 0 Å². The van der Waals surface area contributed by atoms with E-state index in [1.807, 2.05) is 12.1 Å². The van der Waals surface area contributed by atoms with Crippen molar-refractivity contribution in [1.82, 2.24) is 9.47 Å². The van der Waals surface area contributed by atoms with E-state index in [9.17, 15) is 0 Å². The van der Waals surface area contributed by atoms with Crippen LogP contribution in [0.1, 0.15) is 17.3 Å². The van der Waals surface area contributed by atoms with Gasteiger partial charge >= 0.3 is 0 Å². The third-order valence-electron chi connectivity index (χ3n) is 4.58. The van der Waals surface area contributed by atoms with Crippen LogP contribution < -0.4 is 5.32 Å². The molecule has 0 radical (unpaired) electrons. The molecular formula is C20H17ClIN3S. The van der Waals surface area contributed by atoms with Crippen LogP contribution in [0.4, 0.5) is 5.69 Å². The Morgan fingerprint density at radius 3 is 2.50 bits per heavy atom. The molecule has 0 spiro atoms. The summed E-state index contributed by atoms with van der Waals surface area (Å²) in [5.74, 6) is 0. The van der Waals surface area contributed by atoms with Gasteiger partial charge in [0.05, 0.1) is 6.04 Å². The van der Waals surface area contributed by atoms with E-state index in [1.54, 1.807) is 0 Å². The number of halogens is 2. The van der Waals surface area contributed by atoms with Crippen LogP contribution >= 0.6 is 46.4 Å². The summed E-state index contributed by atoms with van der Waals surface area (Å²) in [5, 5.41) is 4.87. The van der Waals surface area contributed by atoms with Crippen LogP contribution in [0, 0.1) is 3.57 Å². The molecule has 0 aliphatic carbocycles. The largest absolute Gasteiger partial charge is 0.348 e. The second-order valence-corrected chi connectivity index (χ2v) is 8.28. The number of nitrogens with one attached hydrogen (secondary N) is 1. The molecule has 0 saturated heterocycles. The van der Waals surface area contributed by atoms with Gasteiger partial charge in [-0.2, -0.15) is 0 Å². The Balaban J connectivity index is 1.66. The van der Waals surface area contributed by atoms with Gasteiger partial charge in [-0.15, -0.1) is 0 Å². The van der Waals surface area contributed by atoms with E-state index in [1.165, 1.54) is 14.8 Å². The number of hydrogen-bond donors (Lipinski definition) is 1. The predicted octanol–water partition coefficient (Wildman–Crippen LogP) is 5.55. The molecule has 2 aromatic carbocycles. The highest BCUT2D eigenvalue weighted by atomic mass is 127. The first-order valence-corrected chi connectivity index (χ1v) is 10.2. The molecule has 26 heavy (non-hydrogen) atoms. The van der Waals surface area contributed by atoms with E-state index < -0.39 is 0 Å². The predicted molar refractivity (Wildman–Crippen MR) is 120 cm³/mol. The lowest BCUT2D eigenvalue weighted by molar-refractivity contribution is 0.293. The second kappa shape index (κ2) is 7.58. The Kier molecular flexibility index (Phi) is 5.20. The quantitative estimate of drug-likeness (QED) is 0.373. The molecule has 1 atom stereocenters. The van der Waals surface area contributed by atoms with Crippen LogP contribution in [-0.2, 0) is 6.54 Å². The van der Waals surface area contributed by atoms with Crippen molar-refractivity contribution in [1.29, 1.82) is 0 Å². The molecule has 0 fully saturated rings. The minimum atomic E-state index is 0.0693. The maximum Gasteiger partial charge on any atom is 0.174 e. The summed E-state index contributed by atoms with van der Waals surface area (Å²) in [4.78, 5) is 2.26. The van der Waals surface area contributed by atoms with E-state index in [0.29, 0.717) is 0 Å². The van der Waals surface area contributed by atoms with Crippen molar-refractivity contribution < 1.29 is 0 Å². The lowest BCUT2D eigenvalue weighted by Gasteiger charge is -2.39. The van der Waals surface area contributed by atoms with Gasteiger partial charge in [0.15, 0.2) is 5.11 Å². The molecule has 3 nitrogen and oxygen atoms in total. The van der Waals surface area contributed by atoms with E-state index in [4.69, 9.17) is 23.8 Å². The first kappa shape index (κ1) is 17.8. The molecule has 2 heterocycles. The number of fused-ring (bicyclic) bond motifs is 1. The zero-order chi connectivity index (χ0) is 18.1. The molecule has 4 rings (SSSR count). The molecule has 1 aliphatic rings. The van der Waals surface area contributed by atoms with Crippen molar-refractivity contribution in [3.05, 3.63) is 86.7 Å². The summed E-state index contributed by atoms with van der Waals surface area (Å²) in [6.45, 7) is 1.77. The standard InChI is InChI=1S/C20H17ClIN3S/c21-15-5-3-14(4-6-15)19-18-2-1-11-24(18)12-13-25(19)20(26)23-17-9-7-16(22)8-10-17/h1-11,19H,12-13H2,(H,23,26). The Labute approximate surface area is 177 Å². The van der Waals surface area contributed by atoms with Gasteiger partial charge < -0.3 is 14.8 Å². The van der Waals surface area contributed by atoms with Crippen LogP contribution in [0.15, 0.2) is 66.9 Å². The van der Waals surface area contributed by atoms with E-state index in [2.05, 4.69) is 92.1 Å². The maximum absolute atomic E-state index is 6.09. The van der Waals surface area contributed by atoms with Crippen molar-refractivity contribution in [3.63, 3.8) is 0 Å². The fourth-order valence-corrected chi connectivity index (χ4v) is 4.13. The van der Waals surface area contributed by atoms with E-state index in [-0.39, 0.29) is 6.04 Å². The van der Waals surface area contributed by atoms with Gasteiger partial charge in [-0.25, -0.2) is 0 Å². The second-order valence-electron chi connectivity index (χ2n) is 6.21. The van der Waals surface area contributed by atoms with Crippen LogP contribution in [-0.4, -0.2) is 21.1 Å². The Hall–Kier alpha value is -1.57. The van der Waals surface area contributed by atoms with Gasteiger partial charge in [-0.05, 0) is 88.9 Å². The first-order valence-electron chi connectivity index (χ1n) is 8.35. The molecule has 1 aliphatic heterocycles. The van der Waals surface area contributed by atoms with Gasteiger partial charge in [0.1, 0.15) is 0 Å². The highest BCUT2D eigenvalue weighted by Gasteiger charge is 2.30. The van der Waals surface area contributed by atoms with Crippen molar-refractivity contribution in [3.8, 4) is 0 Å². The topological polar surface area (TPSA) is 20.2 Å². The summed E-state index contributed by atoms with van der Waals surface area (Å²) in [5.41, 5.74) is 3.43. The minimum absolute atomic E-state index is 0.0693. The summed E-state index contributed by atoms with van der Waals surface area (Å²) in [7, 11) is 0. The molecule has 0 amide bonds. The minimum Gasteiger partial charge on any atom is -0.348 e.